The molecule has 0 spiro atoms. The van der Waals surface area contributed by atoms with Crippen LogP contribution in [0.25, 0.3) is 0 Å². The summed E-state index contributed by atoms with van der Waals surface area (Å²) in [4.78, 5) is 12.4. The van der Waals surface area contributed by atoms with E-state index < -0.39 is 12.1 Å². The molecule has 0 aromatic rings. The number of allylic oxidation sites excluding steroid dienone is 5. The predicted molar refractivity (Wildman–Crippen MR) is 248 cm³/mol. The van der Waals surface area contributed by atoms with Crippen molar-refractivity contribution in [2.75, 3.05) is 6.61 Å². The third-order valence-corrected chi connectivity index (χ3v) is 11.6. The molecule has 0 fully saturated rings. The maximum absolute atomic E-state index is 12.4. The summed E-state index contributed by atoms with van der Waals surface area (Å²) < 4.78 is 0. The lowest BCUT2D eigenvalue weighted by Gasteiger charge is -2.19. The molecule has 3 N–H and O–H groups in total. The van der Waals surface area contributed by atoms with E-state index in [4.69, 9.17) is 0 Å². The zero-order valence-corrected chi connectivity index (χ0v) is 37.9. The van der Waals surface area contributed by atoms with E-state index in [-0.39, 0.29) is 12.5 Å². The van der Waals surface area contributed by atoms with E-state index >= 15 is 0 Å². The number of rotatable bonds is 46. The lowest BCUT2D eigenvalue weighted by molar-refractivity contribution is -0.123. The van der Waals surface area contributed by atoms with Gasteiger partial charge in [-0.15, -0.1) is 0 Å². The van der Waals surface area contributed by atoms with Gasteiger partial charge in [-0.05, 0) is 57.8 Å². The summed E-state index contributed by atoms with van der Waals surface area (Å²) in [6.07, 6.45) is 64.2. The van der Waals surface area contributed by atoms with Crippen molar-refractivity contribution in [2.24, 2.45) is 0 Å². The van der Waals surface area contributed by atoms with Gasteiger partial charge < -0.3 is 15.5 Å². The third kappa shape index (κ3) is 43.7. The first-order chi connectivity index (χ1) is 27.7. The molecule has 2 atom stereocenters. The molecule has 1 amide bonds. The van der Waals surface area contributed by atoms with Crippen molar-refractivity contribution in [3.05, 3.63) is 36.5 Å². The molecule has 0 aliphatic heterocycles. The summed E-state index contributed by atoms with van der Waals surface area (Å²) in [5.41, 5.74) is 0. The Morgan fingerprint density at radius 1 is 0.411 bits per heavy atom. The molecular formula is C52H99NO3. The first kappa shape index (κ1) is 54.6. The smallest absolute Gasteiger partial charge is 0.220 e. The van der Waals surface area contributed by atoms with Gasteiger partial charge in [0.1, 0.15) is 0 Å². The fourth-order valence-corrected chi connectivity index (χ4v) is 7.72. The van der Waals surface area contributed by atoms with Crippen molar-refractivity contribution in [1.82, 2.24) is 5.32 Å². The van der Waals surface area contributed by atoms with Gasteiger partial charge in [-0.25, -0.2) is 0 Å². The SMILES string of the molecule is CCCCCCCCCC/C=C\CCCCCCCCCCCC(=O)NC(CO)C(O)/C=C/CC/C=C/CCCCCCCCCCCCCCCCCCC. The van der Waals surface area contributed by atoms with Crippen LogP contribution in [0.2, 0.25) is 0 Å². The Kier molecular flexibility index (Phi) is 46.8. The minimum Gasteiger partial charge on any atom is -0.394 e. The highest BCUT2D eigenvalue weighted by atomic mass is 16.3. The van der Waals surface area contributed by atoms with Crippen molar-refractivity contribution >= 4 is 5.91 Å². The van der Waals surface area contributed by atoms with E-state index in [9.17, 15) is 15.0 Å². The lowest BCUT2D eigenvalue weighted by Crippen LogP contribution is -2.45. The van der Waals surface area contributed by atoms with Crippen molar-refractivity contribution < 1.29 is 15.0 Å². The van der Waals surface area contributed by atoms with Gasteiger partial charge in [0, 0.05) is 6.42 Å². The second-order valence-electron chi connectivity index (χ2n) is 17.2. The monoisotopic (exact) mass is 786 g/mol. The van der Waals surface area contributed by atoms with Gasteiger partial charge in [0.2, 0.25) is 5.91 Å². The first-order valence-electron chi connectivity index (χ1n) is 25.2. The van der Waals surface area contributed by atoms with Crippen LogP contribution in [0.1, 0.15) is 271 Å². The van der Waals surface area contributed by atoms with E-state index in [1.54, 1.807) is 6.08 Å². The molecule has 0 aliphatic rings. The van der Waals surface area contributed by atoms with Crippen LogP contribution in [-0.2, 0) is 4.79 Å². The number of carbonyl (C=O) groups is 1. The summed E-state index contributed by atoms with van der Waals surface area (Å²) in [6, 6.07) is -0.639. The number of unbranched alkanes of at least 4 members (excludes halogenated alkanes) is 35. The maximum Gasteiger partial charge on any atom is 0.220 e. The van der Waals surface area contributed by atoms with Gasteiger partial charge in [-0.1, -0.05) is 243 Å². The molecule has 0 saturated heterocycles. The Hall–Kier alpha value is -1.39. The molecule has 0 aliphatic carbocycles. The third-order valence-electron chi connectivity index (χ3n) is 11.6. The molecular weight excluding hydrogens is 687 g/mol. The Morgan fingerprint density at radius 3 is 1.04 bits per heavy atom. The zero-order chi connectivity index (χ0) is 40.7. The maximum atomic E-state index is 12.4. The number of aliphatic hydroxyl groups excluding tert-OH is 2. The zero-order valence-electron chi connectivity index (χ0n) is 37.9. The van der Waals surface area contributed by atoms with Crippen molar-refractivity contribution in [3.63, 3.8) is 0 Å². The van der Waals surface area contributed by atoms with Gasteiger partial charge in [0.05, 0.1) is 18.8 Å². The number of hydrogen-bond donors (Lipinski definition) is 3. The fraction of sp³-hybridized carbons (Fsp3) is 0.865. The largest absolute Gasteiger partial charge is 0.394 e. The summed E-state index contributed by atoms with van der Waals surface area (Å²) in [5.74, 6) is -0.0735. The van der Waals surface area contributed by atoms with E-state index in [0.717, 1.165) is 32.1 Å². The number of nitrogens with one attached hydrogen (secondary N) is 1. The van der Waals surface area contributed by atoms with Gasteiger partial charge in [0.25, 0.3) is 0 Å². The molecule has 56 heavy (non-hydrogen) atoms. The highest BCUT2D eigenvalue weighted by Gasteiger charge is 2.17. The topological polar surface area (TPSA) is 69.6 Å². The van der Waals surface area contributed by atoms with Gasteiger partial charge in [-0.2, -0.15) is 0 Å². The summed E-state index contributed by atoms with van der Waals surface area (Å²) >= 11 is 0. The number of hydrogen-bond acceptors (Lipinski definition) is 3. The summed E-state index contributed by atoms with van der Waals surface area (Å²) in [7, 11) is 0. The second-order valence-corrected chi connectivity index (χ2v) is 17.2. The Bertz CT molecular complexity index is 851. The number of carbonyl (C=O) groups excluding carboxylic acids is 1. The molecule has 0 bridgehead atoms. The van der Waals surface area contributed by atoms with E-state index in [1.807, 2.05) is 6.08 Å². The summed E-state index contributed by atoms with van der Waals surface area (Å²) in [5, 5.41) is 23.1. The van der Waals surface area contributed by atoms with Crippen LogP contribution in [0, 0.1) is 0 Å². The average molecular weight is 786 g/mol. The molecule has 0 rings (SSSR count). The quantitative estimate of drug-likeness (QED) is 0.0425. The fourth-order valence-electron chi connectivity index (χ4n) is 7.72. The van der Waals surface area contributed by atoms with Gasteiger partial charge >= 0.3 is 0 Å². The van der Waals surface area contributed by atoms with E-state index in [1.165, 1.54) is 218 Å². The van der Waals surface area contributed by atoms with Crippen LogP contribution in [-0.4, -0.2) is 34.9 Å². The van der Waals surface area contributed by atoms with Crippen LogP contribution in [0.5, 0.6) is 0 Å². The molecule has 4 heteroatoms. The minimum atomic E-state index is -0.862. The molecule has 0 radical (unpaired) electrons. The minimum absolute atomic E-state index is 0.0735. The number of aliphatic hydroxyl groups is 2. The van der Waals surface area contributed by atoms with Crippen LogP contribution >= 0.6 is 0 Å². The highest BCUT2D eigenvalue weighted by Crippen LogP contribution is 2.16. The molecule has 0 saturated carbocycles. The van der Waals surface area contributed by atoms with Crippen molar-refractivity contribution in [1.29, 1.82) is 0 Å². The summed E-state index contributed by atoms with van der Waals surface area (Å²) in [6.45, 7) is 4.32. The highest BCUT2D eigenvalue weighted by molar-refractivity contribution is 5.76. The molecule has 0 heterocycles. The standard InChI is InChI=1S/C52H99NO3/c1-3-5-7-9-11-13-15-17-19-21-23-25-26-28-29-31-33-35-37-39-41-43-45-47-51(55)50(49-54)53-52(56)48-46-44-42-40-38-36-34-32-30-27-24-22-20-18-16-14-12-10-8-6-4-2/h22,24,37,39,45,47,50-51,54-55H,3-21,23,25-36,38,40-44,46,48-49H2,1-2H3,(H,53,56)/b24-22-,39-37+,47-45+. The lowest BCUT2D eigenvalue weighted by atomic mass is 10.0. The van der Waals surface area contributed by atoms with Crippen LogP contribution in [0.15, 0.2) is 36.5 Å². The Labute approximate surface area is 351 Å². The molecule has 2 unspecified atom stereocenters. The van der Waals surface area contributed by atoms with Gasteiger partial charge in [0.15, 0.2) is 0 Å². The van der Waals surface area contributed by atoms with Crippen LogP contribution in [0.3, 0.4) is 0 Å². The molecule has 330 valence electrons. The van der Waals surface area contributed by atoms with Crippen molar-refractivity contribution in [3.8, 4) is 0 Å². The second kappa shape index (κ2) is 48.0. The van der Waals surface area contributed by atoms with Gasteiger partial charge in [-0.3, -0.25) is 4.79 Å². The van der Waals surface area contributed by atoms with E-state index in [0.29, 0.717) is 6.42 Å². The first-order valence-corrected chi connectivity index (χ1v) is 25.2. The average Bonchev–Trinajstić information content (AvgIpc) is 3.20. The molecule has 4 nitrogen and oxygen atoms in total. The Balaban J connectivity index is 3.56. The normalized spacial score (nSPS) is 13.1. The van der Waals surface area contributed by atoms with Crippen LogP contribution < -0.4 is 5.32 Å². The molecule has 0 aromatic heterocycles. The van der Waals surface area contributed by atoms with Crippen LogP contribution in [0.4, 0.5) is 0 Å². The Morgan fingerprint density at radius 2 is 0.696 bits per heavy atom. The number of amides is 1. The van der Waals surface area contributed by atoms with E-state index in [2.05, 4.69) is 43.5 Å². The van der Waals surface area contributed by atoms with Crippen molar-refractivity contribution in [2.45, 2.75) is 283 Å². The predicted octanol–water partition coefficient (Wildman–Crippen LogP) is 16.1. The molecule has 0 aromatic carbocycles.